The maximum Gasteiger partial charge on any atom is 0.162 e. The molecule has 14 heavy (non-hydrogen) atoms. The van der Waals surface area contributed by atoms with Crippen LogP contribution in [0.2, 0.25) is 0 Å². The SMILES string of the molecule is CC(C)(C=O)Oc1ccc(F)c(F)c1. The lowest BCUT2D eigenvalue weighted by molar-refractivity contribution is -0.119. The fourth-order valence-corrected chi connectivity index (χ4v) is 0.868. The van der Waals surface area contributed by atoms with Gasteiger partial charge in [-0.2, -0.15) is 0 Å². The van der Waals surface area contributed by atoms with Gasteiger partial charge in [-0.1, -0.05) is 0 Å². The summed E-state index contributed by atoms with van der Waals surface area (Å²) in [6, 6.07) is 3.12. The van der Waals surface area contributed by atoms with Crippen LogP contribution in [0.5, 0.6) is 5.75 Å². The molecule has 0 radical (unpaired) electrons. The predicted molar refractivity (Wildman–Crippen MR) is 47.1 cm³/mol. The quantitative estimate of drug-likeness (QED) is 0.700. The van der Waals surface area contributed by atoms with E-state index in [1.807, 2.05) is 0 Å². The summed E-state index contributed by atoms with van der Waals surface area (Å²) in [7, 11) is 0. The first-order valence-electron chi connectivity index (χ1n) is 4.05. The van der Waals surface area contributed by atoms with Crippen LogP contribution < -0.4 is 4.74 Å². The van der Waals surface area contributed by atoms with Crippen molar-refractivity contribution in [2.75, 3.05) is 0 Å². The van der Waals surface area contributed by atoms with Gasteiger partial charge < -0.3 is 4.74 Å². The van der Waals surface area contributed by atoms with Crippen LogP contribution in [-0.4, -0.2) is 11.9 Å². The molecule has 0 aliphatic carbocycles. The molecule has 1 aromatic carbocycles. The normalized spacial score (nSPS) is 11.1. The molecule has 0 fully saturated rings. The van der Waals surface area contributed by atoms with Gasteiger partial charge in [-0.25, -0.2) is 8.78 Å². The molecule has 0 atom stereocenters. The maximum absolute atomic E-state index is 12.7. The summed E-state index contributed by atoms with van der Waals surface area (Å²) in [5.41, 5.74) is -1.04. The van der Waals surface area contributed by atoms with Crippen LogP contribution in [0.3, 0.4) is 0 Å². The molecule has 0 N–H and O–H groups in total. The van der Waals surface area contributed by atoms with Crippen LogP contribution in [0.25, 0.3) is 0 Å². The van der Waals surface area contributed by atoms with E-state index >= 15 is 0 Å². The Hall–Kier alpha value is -1.45. The minimum absolute atomic E-state index is 0.126. The third-order valence-electron chi connectivity index (χ3n) is 1.56. The van der Waals surface area contributed by atoms with Gasteiger partial charge >= 0.3 is 0 Å². The highest BCUT2D eigenvalue weighted by Gasteiger charge is 2.18. The number of benzene rings is 1. The molecular weight excluding hydrogens is 190 g/mol. The third kappa shape index (κ3) is 2.52. The van der Waals surface area contributed by atoms with Crippen molar-refractivity contribution in [2.24, 2.45) is 0 Å². The summed E-state index contributed by atoms with van der Waals surface area (Å²) in [5, 5.41) is 0. The molecule has 1 aromatic rings. The summed E-state index contributed by atoms with van der Waals surface area (Å²) in [4.78, 5) is 10.5. The number of halogens is 2. The van der Waals surface area contributed by atoms with Crippen molar-refractivity contribution in [2.45, 2.75) is 19.4 Å². The Balaban J connectivity index is 2.88. The second kappa shape index (κ2) is 3.74. The Morgan fingerprint density at radius 2 is 1.93 bits per heavy atom. The van der Waals surface area contributed by atoms with Gasteiger partial charge in [0.05, 0.1) is 0 Å². The number of hydrogen-bond donors (Lipinski definition) is 0. The number of carbonyl (C=O) groups excluding carboxylic acids is 1. The van der Waals surface area contributed by atoms with Crippen molar-refractivity contribution in [1.82, 2.24) is 0 Å². The maximum atomic E-state index is 12.7. The van der Waals surface area contributed by atoms with E-state index in [1.54, 1.807) is 0 Å². The van der Waals surface area contributed by atoms with Gasteiger partial charge in [0.1, 0.15) is 5.75 Å². The van der Waals surface area contributed by atoms with Crippen LogP contribution in [0.1, 0.15) is 13.8 Å². The highest BCUT2D eigenvalue weighted by atomic mass is 19.2. The standard InChI is InChI=1S/C10H10F2O2/c1-10(2,6-13)14-7-3-4-8(11)9(12)5-7/h3-6H,1-2H3. The van der Waals surface area contributed by atoms with Crippen LogP contribution in [-0.2, 0) is 4.79 Å². The second-order valence-electron chi connectivity index (χ2n) is 3.40. The van der Waals surface area contributed by atoms with E-state index in [0.717, 1.165) is 12.1 Å². The molecule has 1 rings (SSSR count). The largest absolute Gasteiger partial charge is 0.480 e. The Morgan fingerprint density at radius 1 is 1.29 bits per heavy atom. The van der Waals surface area contributed by atoms with Crippen LogP contribution >= 0.6 is 0 Å². The molecule has 2 nitrogen and oxygen atoms in total. The summed E-state index contributed by atoms with van der Waals surface area (Å²) >= 11 is 0. The number of carbonyl (C=O) groups is 1. The number of hydrogen-bond acceptors (Lipinski definition) is 2. The second-order valence-corrected chi connectivity index (χ2v) is 3.40. The lowest BCUT2D eigenvalue weighted by atomic mass is 10.2. The van der Waals surface area contributed by atoms with Gasteiger partial charge in [-0.3, -0.25) is 4.79 Å². The molecule has 4 heteroatoms. The molecular formula is C10H10F2O2. The zero-order chi connectivity index (χ0) is 10.8. The van der Waals surface area contributed by atoms with Gasteiger partial charge in [0.25, 0.3) is 0 Å². The molecule has 76 valence electrons. The zero-order valence-corrected chi connectivity index (χ0v) is 7.88. The molecule has 0 unspecified atom stereocenters. The van der Waals surface area contributed by atoms with Crippen molar-refractivity contribution in [3.05, 3.63) is 29.8 Å². The van der Waals surface area contributed by atoms with Crippen molar-refractivity contribution in [1.29, 1.82) is 0 Å². The minimum atomic E-state index is -1.04. The van der Waals surface area contributed by atoms with Gasteiger partial charge in [0.2, 0.25) is 0 Å². The monoisotopic (exact) mass is 200 g/mol. The van der Waals surface area contributed by atoms with Gasteiger partial charge in [0.15, 0.2) is 23.5 Å². The van der Waals surface area contributed by atoms with E-state index in [9.17, 15) is 13.6 Å². The van der Waals surface area contributed by atoms with Crippen molar-refractivity contribution in [3.8, 4) is 5.75 Å². The summed E-state index contributed by atoms with van der Waals surface area (Å²) in [6.07, 6.45) is 0.592. The van der Waals surface area contributed by atoms with Crippen LogP contribution in [0, 0.1) is 11.6 Å². The highest BCUT2D eigenvalue weighted by molar-refractivity contribution is 5.61. The topological polar surface area (TPSA) is 26.3 Å². The first-order chi connectivity index (χ1) is 6.44. The molecule has 0 aromatic heterocycles. The van der Waals surface area contributed by atoms with Crippen molar-refractivity contribution < 1.29 is 18.3 Å². The van der Waals surface area contributed by atoms with Crippen LogP contribution in [0.4, 0.5) is 8.78 Å². The minimum Gasteiger partial charge on any atom is -0.480 e. The molecule has 0 amide bonds. The molecule has 0 saturated heterocycles. The molecule has 0 aliphatic heterocycles. The Morgan fingerprint density at radius 3 is 2.43 bits per heavy atom. The zero-order valence-electron chi connectivity index (χ0n) is 7.88. The van der Waals surface area contributed by atoms with Gasteiger partial charge in [-0.05, 0) is 26.0 Å². The fraction of sp³-hybridized carbons (Fsp3) is 0.300. The molecule has 0 aliphatic rings. The summed E-state index contributed by atoms with van der Waals surface area (Å²) in [6.45, 7) is 3.06. The van der Waals surface area contributed by atoms with Crippen molar-refractivity contribution >= 4 is 6.29 Å². The average Bonchev–Trinajstić information content (AvgIpc) is 2.11. The smallest absolute Gasteiger partial charge is 0.162 e. The first-order valence-corrected chi connectivity index (χ1v) is 4.05. The van der Waals surface area contributed by atoms with E-state index in [-0.39, 0.29) is 5.75 Å². The number of rotatable bonds is 3. The van der Waals surface area contributed by atoms with E-state index in [1.165, 1.54) is 19.9 Å². The number of ether oxygens (including phenoxy) is 1. The van der Waals surface area contributed by atoms with Crippen molar-refractivity contribution in [3.63, 3.8) is 0 Å². The molecule has 0 spiro atoms. The van der Waals surface area contributed by atoms with Crippen LogP contribution in [0.15, 0.2) is 18.2 Å². The van der Waals surface area contributed by atoms with E-state index < -0.39 is 17.2 Å². The lowest BCUT2D eigenvalue weighted by Gasteiger charge is -2.19. The third-order valence-corrected chi connectivity index (χ3v) is 1.56. The fourth-order valence-electron chi connectivity index (χ4n) is 0.868. The summed E-state index contributed by atoms with van der Waals surface area (Å²) < 4.78 is 30.3. The van der Waals surface area contributed by atoms with E-state index in [0.29, 0.717) is 6.29 Å². The lowest BCUT2D eigenvalue weighted by Crippen LogP contribution is -2.29. The van der Waals surface area contributed by atoms with Gasteiger partial charge in [0, 0.05) is 6.07 Å². The van der Waals surface area contributed by atoms with Gasteiger partial charge in [-0.15, -0.1) is 0 Å². The van der Waals surface area contributed by atoms with E-state index in [4.69, 9.17) is 4.74 Å². The average molecular weight is 200 g/mol. The Bertz CT molecular complexity index is 348. The highest BCUT2D eigenvalue weighted by Crippen LogP contribution is 2.19. The van der Waals surface area contributed by atoms with E-state index in [2.05, 4.69) is 0 Å². The molecule has 0 bridgehead atoms. The Kier molecular flexibility index (Phi) is 2.84. The summed E-state index contributed by atoms with van der Waals surface area (Å²) in [5.74, 6) is -1.81. The molecule has 0 heterocycles. The predicted octanol–water partition coefficient (Wildman–Crippen LogP) is 2.32. The first kappa shape index (κ1) is 10.6. The number of aldehydes is 1. The molecule has 0 saturated carbocycles. The Labute approximate surface area is 80.5 Å².